The first-order valence-electron chi connectivity index (χ1n) is 3.32. The topological polar surface area (TPSA) is 52.6 Å². The zero-order valence-corrected chi connectivity index (χ0v) is 8.14. The lowest BCUT2D eigenvalue weighted by Crippen LogP contribution is -2.28. The fourth-order valence-corrected chi connectivity index (χ4v) is 1.29. The zero-order chi connectivity index (χ0) is 9.56. The van der Waals surface area contributed by atoms with Gasteiger partial charge in [0.25, 0.3) is 0 Å². The molecule has 0 saturated heterocycles. The molecule has 0 saturated carbocycles. The van der Waals surface area contributed by atoms with Crippen LogP contribution in [0.5, 0.6) is 0 Å². The van der Waals surface area contributed by atoms with Crippen molar-refractivity contribution in [1.29, 1.82) is 0 Å². The Bertz CT molecular complexity index is 153. The third kappa shape index (κ3) is 3.13. The second-order valence-electron chi connectivity index (χ2n) is 2.05. The van der Waals surface area contributed by atoms with Crippen LogP contribution in [0.25, 0.3) is 0 Å². The molecular formula is C7H12O4S. The molecule has 0 unspecified atom stereocenters. The van der Waals surface area contributed by atoms with Crippen LogP contribution in [0.1, 0.15) is 0 Å². The SMILES string of the molecule is COC(=O)C(CSC)C(=O)OC. The number of rotatable bonds is 4. The highest BCUT2D eigenvalue weighted by Crippen LogP contribution is 2.08. The van der Waals surface area contributed by atoms with Gasteiger partial charge in [-0.25, -0.2) is 0 Å². The molecule has 0 heterocycles. The summed E-state index contributed by atoms with van der Waals surface area (Å²) < 4.78 is 8.87. The summed E-state index contributed by atoms with van der Waals surface area (Å²) in [4.78, 5) is 21.9. The first kappa shape index (κ1) is 11.3. The molecule has 12 heavy (non-hydrogen) atoms. The molecule has 0 aromatic rings. The van der Waals surface area contributed by atoms with Gasteiger partial charge in [0, 0.05) is 5.75 Å². The van der Waals surface area contributed by atoms with Crippen LogP contribution >= 0.6 is 11.8 Å². The van der Waals surface area contributed by atoms with Gasteiger partial charge < -0.3 is 9.47 Å². The van der Waals surface area contributed by atoms with Gasteiger partial charge in [-0.15, -0.1) is 0 Å². The van der Waals surface area contributed by atoms with E-state index in [-0.39, 0.29) is 0 Å². The van der Waals surface area contributed by atoms with Gasteiger partial charge in [-0.3, -0.25) is 9.59 Å². The number of esters is 2. The third-order valence-electron chi connectivity index (χ3n) is 1.30. The predicted octanol–water partition coefficient (Wildman–Crippen LogP) is 0.312. The Morgan fingerprint density at radius 2 is 1.67 bits per heavy atom. The quantitative estimate of drug-likeness (QED) is 0.474. The molecule has 0 fully saturated rings. The number of carbonyl (C=O) groups excluding carboxylic acids is 2. The molecule has 0 atom stereocenters. The molecule has 0 rings (SSSR count). The monoisotopic (exact) mass is 192 g/mol. The van der Waals surface area contributed by atoms with Gasteiger partial charge in [-0.2, -0.15) is 11.8 Å². The smallest absolute Gasteiger partial charge is 0.320 e. The fraction of sp³-hybridized carbons (Fsp3) is 0.714. The summed E-state index contributed by atoms with van der Waals surface area (Å²) in [7, 11) is 2.50. The van der Waals surface area contributed by atoms with Gasteiger partial charge in [-0.05, 0) is 6.26 Å². The normalized spacial score (nSPS) is 9.67. The number of hydrogen-bond donors (Lipinski definition) is 0. The third-order valence-corrected chi connectivity index (χ3v) is 1.97. The van der Waals surface area contributed by atoms with Gasteiger partial charge in [-0.1, -0.05) is 0 Å². The Kier molecular flexibility index (Phi) is 5.53. The van der Waals surface area contributed by atoms with E-state index in [9.17, 15) is 9.59 Å². The molecule has 5 heteroatoms. The summed E-state index contributed by atoms with van der Waals surface area (Å²) in [5.41, 5.74) is 0. The Balaban J connectivity index is 4.21. The average Bonchev–Trinajstić information content (AvgIpc) is 2.11. The molecule has 0 bridgehead atoms. The molecule has 0 aliphatic carbocycles. The number of ether oxygens (including phenoxy) is 2. The molecule has 4 nitrogen and oxygen atoms in total. The minimum atomic E-state index is -0.796. The molecule has 0 aromatic carbocycles. The van der Waals surface area contributed by atoms with Crippen molar-refractivity contribution in [1.82, 2.24) is 0 Å². The summed E-state index contributed by atoms with van der Waals surface area (Å²) in [6.07, 6.45) is 1.80. The maximum Gasteiger partial charge on any atom is 0.320 e. The van der Waals surface area contributed by atoms with Crippen LogP contribution in [-0.2, 0) is 19.1 Å². The molecule has 0 N–H and O–H groups in total. The van der Waals surface area contributed by atoms with Gasteiger partial charge in [0.2, 0.25) is 0 Å². The molecule has 0 aromatic heterocycles. The average molecular weight is 192 g/mol. The molecule has 0 aliphatic heterocycles. The Morgan fingerprint density at radius 3 is 1.92 bits per heavy atom. The fourth-order valence-electron chi connectivity index (χ4n) is 0.683. The van der Waals surface area contributed by atoms with E-state index in [4.69, 9.17) is 0 Å². The van der Waals surface area contributed by atoms with E-state index in [1.807, 2.05) is 0 Å². The number of carbonyl (C=O) groups is 2. The molecule has 0 spiro atoms. The Hall–Kier alpha value is -0.710. The highest BCUT2D eigenvalue weighted by Gasteiger charge is 2.27. The molecule has 0 aliphatic rings. The van der Waals surface area contributed by atoms with Crippen molar-refractivity contribution in [3.63, 3.8) is 0 Å². The van der Waals surface area contributed by atoms with Crippen molar-refractivity contribution in [2.75, 3.05) is 26.2 Å². The maximum absolute atomic E-state index is 11.0. The van der Waals surface area contributed by atoms with E-state index in [0.717, 1.165) is 0 Å². The lowest BCUT2D eigenvalue weighted by Gasteiger charge is -2.09. The minimum absolute atomic E-state index is 0.388. The van der Waals surface area contributed by atoms with Crippen molar-refractivity contribution in [2.24, 2.45) is 5.92 Å². The zero-order valence-electron chi connectivity index (χ0n) is 7.33. The number of methoxy groups -OCH3 is 2. The summed E-state index contributed by atoms with van der Waals surface area (Å²) in [5.74, 6) is -1.50. The van der Waals surface area contributed by atoms with Crippen LogP contribution in [-0.4, -0.2) is 38.2 Å². The highest BCUT2D eigenvalue weighted by atomic mass is 32.2. The maximum atomic E-state index is 11.0. The van der Waals surface area contributed by atoms with Crippen molar-refractivity contribution in [2.45, 2.75) is 0 Å². The van der Waals surface area contributed by atoms with E-state index in [1.54, 1.807) is 6.26 Å². The van der Waals surface area contributed by atoms with Gasteiger partial charge in [0.15, 0.2) is 5.92 Å². The van der Waals surface area contributed by atoms with Gasteiger partial charge in [0.1, 0.15) is 0 Å². The van der Waals surface area contributed by atoms with Crippen molar-refractivity contribution >= 4 is 23.7 Å². The second-order valence-corrected chi connectivity index (χ2v) is 2.96. The lowest BCUT2D eigenvalue weighted by atomic mass is 10.2. The van der Waals surface area contributed by atoms with E-state index in [2.05, 4.69) is 9.47 Å². The largest absolute Gasteiger partial charge is 0.468 e. The van der Waals surface area contributed by atoms with E-state index in [1.165, 1.54) is 26.0 Å². The summed E-state index contributed by atoms with van der Waals surface area (Å²) >= 11 is 1.40. The first-order chi connectivity index (χ1) is 5.67. The summed E-state index contributed by atoms with van der Waals surface area (Å²) in [6.45, 7) is 0. The van der Waals surface area contributed by atoms with E-state index >= 15 is 0 Å². The standard InChI is InChI=1S/C7H12O4S/c1-10-6(8)5(4-12-3)7(9)11-2/h5H,4H2,1-3H3. The van der Waals surface area contributed by atoms with Crippen molar-refractivity contribution in [3.05, 3.63) is 0 Å². The number of hydrogen-bond acceptors (Lipinski definition) is 5. The van der Waals surface area contributed by atoms with Crippen LogP contribution < -0.4 is 0 Å². The first-order valence-corrected chi connectivity index (χ1v) is 4.71. The van der Waals surface area contributed by atoms with Crippen LogP contribution in [0.2, 0.25) is 0 Å². The Morgan fingerprint density at radius 1 is 1.25 bits per heavy atom. The minimum Gasteiger partial charge on any atom is -0.468 e. The predicted molar refractivity (Wildman–Crippen MR) is 45.9 cm³/mol. The van der Waals surface area contributed by atoms with Crippen LogP contribution in [0.3, 0.4) is 0 Å². The van der Waals surface area contributed by atoms with Crippen molar-refractivity contribution < 1.29 is 19.1 Å². The molecule has 70 valence electrons. The molecule has 0 amide bonds. The number of thioether (sulfide) groups is 1. The molecular weight excluding hydrogens is 180 g/mol. The lowest BCUT2D eigenvalue weighted by molar-refractivity contribution is -0.157. The highest BCUT2D eigenvalue weighted by molar-refractivity contribution is 7.98. The summed E-state index contributed by atoms with van der Waals surface area (Å²) in [5, 5.41) is 0. The van der Waals surface area contributed by atoms with E-state index < -0.39 is 17.9 Å². The van der Waals surface area contributed by atoms with Gasteiger partial charge in [0.05, 0.1) is 14.2 Å². The molecule has 0 radical (unpaired) electrons. The van der Waals surface area contributed by atoms with Gasteiger partial charge >= 0.3 is 11.9 Å². The van der Waals surface area contributed by atoms with Crippen LogP contribution in [0.15, 0.2) is 0 Å². The van der Waals surface area contributed by atoms with E-state index in [0.29, 0.717) is 5.75 Å². The second kappa shape index (κ2) is 5.88. The summed E-state index contributed by atoms with van der Waals surface area (Å²) in [6, 6.07) is 0. The van der Waals surface area contributed by atoms with Crippen LogP contribution in [0.4, 0.5) is 0 Å². The Labute approximate surface area is 75.6 Å². The van der Waals surface area contributed by atoms with Crippen LogP contribution in [0, 0.1) is 5.92 Å². The van der Waals surface area contributed by atoms with Crippen molar-refractivity contribution in [3.8, 4) is 0 Å².